The van der Waals surface area contributed by atoms with Crippen molar-refractivity contribution in [3.63, 3.8) is 0 Å². The topological polar surface area (TPSA) is 109 Å². The van der Waals surface area contributed by atoms with Gasteiger partial charge >= 0.3 is 5.97 Å². The van der Waals surface area contributed by atoms with Crippen LogP contribution in [0.4, 0.5) is 0 Å². The van der Waals surface area contributed by atoms with Crippen molar-refractivity contribution in [1.29, 1.82) is 0 Å². The number of carbonyl (C=O) groups is 3. The number of thiol groups is 1. The summed E-state index contributed by atoms with van der Waals surface area (Å²) in [6.07, 6.45) is 2.05. The van der Waals surface area contributed by atoms with E-state index >= 15 is 0 Å². The van der Waals surface area contributed by atoms with Gasteiger partial charge in [-0.1, -0.05) is 0 Å². The van der Waals surface area contributed by atoms with E-state index in [0.29, 0.717) is 12.2 Å². The minimum Gasteiger partial charge on any atom is -0.480 e. The van der Waals surface area contributed by atoms with Crippen LogP contribution in [0.1, 0.15) is 12.8 Å². The van der Waals surface area contributed by atoms with E-state index in [0.717, 1.165) is 0 Å². The molecule has 18 heavy (non-hydrogen) atoms. The fourth-order valence-electron chi connectivity index (χ4n) is 1.27. The van der Waals surface area contributed by atoms with Gasteiger partial charge < -0.3 is 16.2 Å². The Kier molecular flexibility index (Phi) is 8.65. The van der Waals surface area contributed by atoms with E-state index < -0.39 is 29.7 Å². The van der Waals surface area contributed by atoms with Gasteiger partial charge in [0.05, 0.1) is 5.92 Å². The summed E-state index contributed by atoms with van der Waals surface area (Å²) in [6.45, 7) is 0. The SMILES string of the molecule is CSCC[C@H](NC(=O)C(CS)CC(N)=O)C(=O)O. The van der Waals surface area contributed by atoms with Gasteiger partial charge in [-0.25, -0.2) is 4.79 Å². The quantitative estimate of drug-likeness (QED) is 0.438. The number of rotatable bonds is 9. The van der Waals surface area contributed by atoms with E-state index in [1.807, 2.05) is 6.26 Å². The zero-order chi connectivity index (χ0) is 14.1. The fourth-order valence-corrected chi connectivity index (χ4v) is 2.03. The van der Waals surface area contributed by atoms with Crippen molar-refractivity contribution < 1.29 is 19.5 Å². The normalized spacial score (nSPS) is 13.7. The Bertz CT molecular complexity index is 312. The lowest BCUT2D eigenvalue weighted by Crippen LogP contribution is -2.45. The molecule has 1 unspecified atom stereocenters. The van der Waals surface area contributed by atoms with Gasteiger partial charge in [-0.15, -0.1) is 0 Å². The minimum absolute atomic E-state index is 0.135. The second-order valence-electron chi connectivity index (χ2n) is 3.73. The molecule has 0 bridgehead atoms. The van der Waals surface area contributed by atoms with Crippen LogP contribution in [0.2, 0.25) is 0 Å². The highest BCUT2D eigenvalue weighted by atomic mass is 32.2. The number of carboxylic acids is 1. The first-order valence-corrected chi connectivity index (χ1v) is 7.36. The number of primary amides is 1. The van der Waals surface area contributed by atoms with Crippen LogP contribution in [0.5, 0.6) is 0 Å². The smallest absolute Gasteiger partial charge is 0.326 e. The lowest BCUT2D eigenvalue weighted by Gasteiger charge is -2.18. The monoisotopic (exact) mass is 294 g/mol. The van der Waals surface area contributed by atoms with E-state index in [1.54, 1.807) is 0 Å². The van der Waals surface area contributed by atoms with Crippen molar-refractivity contribution in [3.05, 3.63) is 0 Å². The highest BCUT2D eigenvalue weighted by molar-refractivity contribution is 7.98. The molecule has 0 aliphatic heterocycles. The molecule has 104 valence electrons. The number of carboxylic acid groups (broad SMARTS) is 1. The molecule has 0 aliphatic carbocycles. The van der Waals surface area contributed by atoms with Crippen LogP contribution in [-0.4, -0.2) is 46.7 Å². The summed E-state index contributed by atoms with van der Waals surface area (Å²) >= 11 is 5.45. The van der Waals surface area contributed by atoms with E-state index in [-0.39, 0.29) is 12.2 Å². The highest BCUT2D eigenvalue weighted by Crippen LogP contribution is 2.08. The van der Waals surface area contributed by atoms with Crippen molar-refractivity contribution in [3.8, 4) is 0 Å². The van der Waals surface area contributed by atoms with E-state index in [9.17, 15) is 14.4 Å². The fraction of sp³-hybridized carbons (Fsp3) is 0.700. The van der Waals surface area contributed by atoms with Gasteiger partial charge in [-0.2, -0.15) is 24.4 Å². The Morgan fingerprint density at radius 2 is 2.06 bits per heavy atom. The minimum atomic E-state index is -1.09. The maximum absolute atomic E-state index is 11.7. The molecule has 0 rings (SSSR count). The van der Waals surface area contributed by atoms with Crippen LogP contribution in [0.25, 0.3) is 0 Å². The molecule has 0 saturated heterocycles. The van der Waals surface area contributed by atoms with E-state index in [1.165, 1.54) is 11.8 Å². The van der Waals surface area contributed by atoms with Crippen LogP contribution >= 0.6 is 24.4 Å². The van der Waals surface area contributed by atoms with Gasteiger partial charge in [0.1, 0.15) is 6.04 Å². The summed E-state index contributed by atoms with van der Waals surface area (Å²) in [5.74, 6) is -2.13. The van der Waals surface area contributed by atoms with Crippen LogP contribution < -0.4 is 11.1 Å². The van der Waals surface area contributed by atoms with Gasteiger partial charge in [-0.05, 0) is 18.4 Å². The van der Waals surface area contributed by atoms with Crippen LogP contribution in [-0.2, 0) is 14.4 Å². The molecular weight excluding hydrogens is 276 g/mol. The number of aliphatic carboxylic acids is 1. The van der Waals surface area contributed by atoms with Crippen molar-refractivity contribution in [1.82, 2.24) is 5.32 Å². The second kappa shape index (κ2) is 9.09. The molecule has 6 nitrogen and oxygen atoms in total. The van der Waals surface area contributed by atoms with Crippen molar-refractivity contribution >= 4 is 42.2 Å². The average Bonchev–Trinajstić information content (AvgIpc) is 2.30. The number of nitrogens with two attached hydrogens (primary N) is 1. The number of hydrogen-bond acceptors (Lipinski definition) is 5. The van der Waals surface area contributed by atoms with Crippen LogP contribution in [0.3, 0.4) is 0 Å². The van der Waals surface area contributed by atoms with E-state index in [4.69, 9.17) is 10.8 Å². The summed E-state index contributed by atoms with van der Waals surface area (Å²) in [4.78, 5) is 33.4. The zero-order valence-corrected chi connectivity index (χ0v) is 11.8. The first-order valence-electron chi connectivity index (χ1n) is 5.33. The predicted molar refractivity (Wildman–Crippen MR) is 73.7 cm³/mol. The molecule has 0 aromatic carbocycles. The highest BCUT2D eigenvalue weighted by Gasteiger charge is 2.25. The summed E-state index contributed by atoms with van der Waals surface area (Å²) < 4.78 is 0. The van der Waals surface area contributed by atoms with Crippen molar-refractivity contribution in [2.24, 2.45) is 11.7 Å². The van der Waals surface area contributed by atoms with Crippen molar-refractivity contribution in [2.45, 2.75) is 18.9 Å². The summed E-state index contributed by atoms with van der Waals surface area (Å²) in [5, 5.41) is 11.3. The molecule has 0 aliphatic rings. The summed E-state index contributed by atoms with van der Waals surface area (Å²) in [5.41, 5.74) is 5.00. The van der Waals surface area contributed by atoms with E-state index in [2.05, 4.69) is 17.9 Å². The number of thioether (sulfide) groups is 1. The number of hydrogen-bond donors (Lipinski definition) is 4. The van der Waals surface area contributed by atoms with Gasteiger partial charge in [0.15, 0.2) is 0 Å². The lowest BCUT2D eigenvalue weighted by atomic mass is 10.1. The summed E-state index contributed by atoms with van der Waals surface area (Å²) in [7, 11) is 0. The number of carbonyl (C=O) groups excluding carboxylic acids is 2. The Morgan fingerprint density at radius 1 is 1.44 bits per heavy atom. The number of amides is 2. The first-order chi connectivity index (χ1) is 8.42. The Balaban J connectivity index is 4.46. The number of nitrogens with one attached hydrogen (secondary N) is 1. The maximum Gasteiger partial charge on any atom is 0.326 e. The molecule has 2 amide bonds. The maximum atomic E-state index is 11.7. The molecule has 4 N–H and O–H groups in total. The standard InChI is InChI=1S/C10H18N2O4S2/c1-18-3-2-7(10(15)16)12-9(14)6(5-17)4-8(11)13/h6-7,17H,2-5H2,1H3,(H2,11,13)(H,12,14)(H,15,16)/t6?,7-/m0/s1. The Labute approximate surface area is 115 Å². The second-order valence-corrected chi connectivity index (χ2v) is 5.08. The molecule has 8 heteroatoms. The molecular formula is C10H18N2O4S2. The predicted octanol–water partition coefficient (Wildman–Crippen LogP) is -0.270. The molecule has 2 atom stereocenters. The first kappa shape index (κ1) is 17.1. The average molecular weight is 294 g/mol. The largest absolute Gasteiger partial charge is 0.480 e. The Morgan fingerprint density at radius 3 is 2.44 bits per heavy atom. The van der Waals surface area contributed by atoms with Gasteiger partial charge in [0.25, 0.3) is 0 Å². The third-order valence-corrected chi connectivity index (χ3v) is 3.35. The van der Waals surface area contributed by atoms with Crippen LogP contribution in [0.15, 0.2) is 0 Å². The molecule has 0 aromatic heterocycles. The van der Waals surface area contributed by atoms with Gasteiger partial charge in [0.2, 0.25) is 11.8 Å². The summed E-state index contributed by atoms with van der Waals surface area (Å²) in [6, 6.07) is -0.944. The molecule has 0 spiro atoms. The molecule has 0 aromatic rings. The van der Waals surface area contributed by atoms with Gasteiger partial charge in [-0.3, -0.25) is 9.59 Å². The third-order valence-electron chi connectivity index (χ3n) is 2.26. The molecule has 0 heterocycles. The third kappa shape index (κ3) is 6.75. The lowest BCUT2D eigenvalue weighted by molar-refractivity contribution is -0.142. The molecule has 0 radical (unpaired) electrons. The Hall–Kier alpha value is -0.890. The molecule has 0 saturated carbocycles. The van der Waals surface area contributed by atoms with Crippen LogP contribution in [0, 0.1) is 5.92 Å². The molecule has 0 fully saturated rings. The zero-order valence-electron chi connectivity index (χ0n) is 10.1. The van der Waals surface area contributed by atoms with Crippen molar-refractivity contribution in [2.75, 3.05) is 17.8 Å². The van der Waals surface area contributed by atoms with Gasteiger partial charge in [0, 0.05) is 12.2 Å².